The van der Waals surface area contributed by atoms with Crippen LogP contribution in [0.15, 0.2) is 36.4 Å². The smallest absolute Gasteiger partial charge is 0.488 e. The van der Waals surface area contributed by atoms with E-state index in [0.29, 0.717) is 0 Å². The molecule has 2 rings (SSSR count). The van der Waals surface area contributed by atoms with E-state index in [1.165, 1.54) is 12.1 Å². The number of halogens is 1. The van der Waals surface area contributed by atoms with Crippen LogP contribution in [0.25, 0.3) is 0 Å². The van der Waals surface area contributed by atoms with Crippen LogP contribution in [-0.4, -0.2) is 29.3 Å². The van der Waals surface area contributed by atoms with Crippen LogP contribution < -0.4 is 14.9 Å². The van der Waals surface area contributed by atoms with Crippen LogP contribution in [-0.2, 0) is 6.61 Å². The molecule has 1 aromatic heterocycles. The third kappa shape index (κ3) is 3.87. The van der Waals surface area contributed by atoms with Crippen LogP contribution in [0, 0.1) is 0 Å². The first-order chi connectivity index (χ1) is 9.58. The summed E-state index contributed by atoms with van der Waals surface area (Å²) in [6.07, 6.45) is 0. The van der Waals surface area contributed by atoms with E-state index in [-0.39, 0.29) is 23.1 Å². The number of hydrogen-bond donors (Lipinski definition) is 2. The second kappa shape index (κ2) is 6.61. The molecule has 0 atom stereocenters. The van der Waals surface area contributed by atoms with Gasteiger partial charge in [0.1, 0.15) is 17.5 Å². The molecule has 0 aliphatic rings. The van der Waals surface area contributed by atoms with Crippen LogP contribution >= 0.6 is 11.6 Å². The van der Waals surface area contributed by atoms with Gasteiger partial charge >= 0.3 is 7.12 Å². The van der Waals surface area contributed by atoms with Crippen molar-refractivity contribution >= 4 is 24.2 Å². The van der Waals surface area contributed by atoms with Crippen molar-refractivity contribution in [2.75, 3.05) is 7.11 Å². The van der Waals surface area contributed by atoms with Crippen molar-refractivity contribution in [2.24, 2.45) is 0 Å². The van der Waals surface area contributed by atoms with Gasteiger partial charge in [-0.15, -0.1) is 0 Å². The van der Waals surface area contributed by atoms with E-state index < -0.39 is 7.12 Å². The minimum absolute atomic E-state index is 0.139. The Bertz CT molecular complexity index is 577. The van der Waals surface area contributed by atoms with E-state index in [9.17, 15) is 0 Å². The number of methoxy groups -OCH3 is 1. The molecule has 1 aromatic carbocycles. The standard InChI is InChI=1S/C13H13BClNO4/c1-19-11-4-2-9(3-5-11)8-20-13-7-10(14(17)18)6-12(15)16-13/h2-7,17-18H,8H2,1H3. The first-order valence-corrected chi connectivity index (χ1v) is 6.25. The molecule has 0 fully saturated rings. The van der Waals surface area contributed by atoms with E-state index in [1.54, 1.807) is 7.11 Å². The highest BCUT2D eigenvalue weighted by Crippen LogP contribution is 2.15. The average molecular weight is 294 g/mol. The summed E-state index contributed by atoms with van der Waals surface area (Å²) in [4.78, 5) is 3.96. The van der Waals surface area contributed by atoms with Crippen molar-refractivity contribution < 1.29 is 19.5 Å². The maximum absolute atomic E-state index is 9.12. The fourth-order valence-corrected chi connectivity index (χ4v) is 1.80. The van der Waals surface area contributed by atoms with E-state index in [2.05, 4.69) is 4.98 Å². The third-order valence-corrected chi connectivity index (χ3v) is 2.83. The Kier molecular flexibility index (Phi) is 4.84. The van der Waals surface area contributed by atoms with Crippen molar-refractivity contribution in [1.29, 1.82) is 0 Å². The summed E-state index contributed by atoms with van der Waals surface area (Å²) < 4.78 is 10.5. The van der Waals surface area contributed by atoms with Crippen molar-refractivity contribution in [3.05, 3.63) is 47.1 Å². The summed E-state index contributed by atoms with van der Waals surface area (Å²) in [5.74, 6) is 0.997. The highest BCUT2D eigenvalue weighted by molar-refractivity contribution is 6.59. The lowest BCUT2D eigenvalue weighted by atomic mass is 9.81. The van der Waals surface area contributed by atoms with Gasteiger partial charge in [-0.1, -0.05) is 23.7 Å². The van der Waals surface area contributed by atoms with Crippen molar-refractivity contribution in [3.63, 3.8) is 0 Å². The summed E-state index contributed by atoms with van der Waals surface area (Å²) in [5, 5.41) is 18.4. The average Bonchev–Trinajstić information content (AvgIpc) is 2.45. The Morgan fingerprint density at radius 2 is 1.90 bits per heavy atom. The highest BCUT2D eigenvalue weighted by Gasteiger charge is 2.14. The minimum Gasteiger partial charge on any atom is -0.497 e. The van der Waals surface area contributed by atoms with Gasteiger partial charge in [0.2, 0.25) is 5.88 Å². The number of pyridine rings is 1. The number of hydrogen-bond acceptors (Lipinski definition) is 5. The zero-order valence-corrected chi connectivity index (χ0v) is 11.5. The molecule has 0 saturated carbocycles. The zero-order chi connectivity index (χ0) is 14.5. The maximum Gasteiger partial charge on any atom is 0.488 e. The summed E-state index contributed by atoms with van der Waals surface area (Å²) >= 11 is 5.79. The largest absolute Gasteiger partial charge is 0.497 e. The van der Waals surface area contributed by atoms with Crippen LogP contribution in [0.1, 0.15) is 5.56 Å². The first kappa shape index (κ1) is 14.6. The van der Waals surface area contributed by atoms with Crippen LogP contribution in [0.2, 0.25) is 5.15 Å². The molecule has 2 aromatic rings. The lowest BCUT2D eigenvalue weighted by Gasteiger charge is -2.08. The highest BCUT2D eigenvalue weighted by atomic mass is 35.5. The SMILES string of the molecule is COc1ccc(COc2cc(B(O)O)cc(Cl)n2)cc1. The summed E-state index contributed by atoms with van der Waals surface area (Å²) in [7, 11) is -0.0119. The Morgan fingerprint density at radius 3 is 2.50 bits per heavy atom. The van der Waals surface area contributed by atoms with Gasteiger partial charge in [0.15, 0.2) is 0 Å². The molecule has 2 N–H and O–H groups in total. The van der Waals surface area contributed by atoms with Crippen LogP contribution in [0.4, 0.5) is 0 Å². The molecular weight excluding hydrogens is 280 g/mol. The third-order valence-electron chi connectivity index (χ3n) is 2.64. The molecule has 104 valence electrons. The monoisotopic (exact) mass is 293 g/mol. The van der Waals surface area contributed by atoms with E-state index in [4.69, 9.17) is 31.1 Å². The number of ether oxygens (including phenoxy) is 2. The first-order valence-electron chi connectivity index (χ1n) is 5.88. The predicted molar refractivity (Wildman–Crippen MR) is 76.4 cm³/mol. The lowest BCUT2D eigenvalue weighted by Crippen LogP contribution is -2.30. The molecule has 0 bridgehead atoms. The second-order valence-electron chi connectivity index (χ2n) is 4.07. The number of nitrogens with zero attached hydrogens (tertiary/aromatic N) is 1. The van der Waals surface area contributed by atoms with E-state index in [1.807, 2.05) is 24.3 Å². The molecule has 0 amide bonds. The number of rotatable bonds is 5. The molecule has 0 aliphatic heterocycles. The van der Waals surface area contributed by atoms with Crippen molar-refractivity contribution in [1.82, 2.24) is 4.98 Å². The van der Waals surface area contributed by atoms with Gasteiger partial charge in [-0.3, -0.25) is 0 Å². The summed E-state index contributed by atoms with van der Waals surface area (Å²) in [5.41, 5.74) is 1.16. The topological polar surface area (TPSA) is 71.8 Å². The fraction of sp³-hybridized carbons (Fsp3) is 0.154. The normalized spacial score (nSPS) is 10.2. The Balaban J connectivity index is 2.06. The fourth-order valence-electron chi connectivity index (χ4n) is 1.59. The number of benzene rings is 1. The Hall–Kier alpha value is -1.76. The molecule has 0 radical (unpaired) electrons. The predicted octanol–water partition coefficient (Wildman–Crippen LogP) is 1.00. The second-order valence-corrected chi connectivity index (χ2v) is 4.46. The summed E-state index contributed by atoms with van der Waals surface area (Å²) in [6, 6.07) is 10.2. The van der Waals surface area contributed by atoms with Gasteiger partial charge < -0.3 is 19.5 Å². The van der Waals surface area contributed by atoms with Crippen LogP contribution in [0.5, 0.6) is 11.6 Å². The van der Waals surface area contributed by atoms with E-state index >= 15 is 0 Å². The minimum atomic E-state index is -1.61. The van der Waals surface area contributed by atoms with Gasteiger partial charge in [0, 0.05) is 6.07 Å². The molecular formula is C13H13BClNO4. The number of aromatic nitrogens is 1. The molecule has 20 heavy (non-hydrogen) atoms. The van der Waals surface area contributed by atoms with Gasteiger partial charge in [0.05, 0.1) is 7.11 Å². The Morgan fingerprint density at radius 1 is 1.20 bits per heavy atom. The Labute approximate surface area is 121 Å². The molecule has 0 aliphatic carbocycles. The van der Waals surface area contributed by atoms with Gasteiger partial charge in [-0.05, 0) is 29.2 Å². The quantitative estimate of drug-likeness (QED) is 0.636. The molecule has 1 heterocycles. The van der Waals surface area contributed by atoms with Crippen molar-refractivity contribution in [3.8, 4) is 11.6 Å². The molecule has 0 saturated heterocycles. The zero-order valence-electron chi connectivity index (χ0n) is 10.8. The van der Waals surface area contributed by atoms with Gasteiger partial charge in [-0.2, -0.15) is 0 Å². The van der Waals surface area contributed by atoms with Gasteiger partial charge in [-0.25, -0.2) is 4.98 Å². The molecule has 5 nitrogen and oxygen atoms in total. The molecule has 0 unspecified atom stereocenters. The van der Waals surface area contributed by atoms with Crippen molar-refractivity contribution in [2.45, 2.75) is 6.61 Å². The molecule has 0 spiro atoms. The lowest BCUT2D eigenvalue weighted by molar-refractivity contribution is 0.294. The molecule has 7 heteroatoms. The summed E-state index contributed by atoms with van der Waals surface area (Å²) in [6.45, 7) is 0.290. The maximum atomic E-state index is 9.12. The van der Waals surface area contributed by atoms with Crippen LogP contribution in [0.3, 0.4) is 0 Å². The van der Waals surface area contributed by atoms with Gasteiger partial charge in [0.25, 0.3) is 0 Å². The van der Waals surface area contributed by atoms with E-state index in [0.717, 1.165) is 11.3 Å².